The van der Waals surface area contributed by atoms with Crippen molar-refractivity contribution in [3.8, 4) is 0 Å². The first kappa shape index (κ1) is 39.6. The van der Waals surface area contributed by atoms with E-state index in [0.717, 1.165) is 29.7 Å². The molecule has 0 spiro atoms. The fourth-order valence-electron chi connectivity index (χ4n) is 4.15. The third kappa shape index (κ3) is 14.2. The summed E-state index contributed by atoms with van der Waals surface area (Å²) in [6.45, 7) is 3.83. The molecular formula is C28H42Cl2F2N4O5S. The number of nitrogens with one attached hydrogen (secondary N) is 3. The molecule has 0 aliphatic carbocycles. The van der Waals surface area contributed by atoms with Crippen LogP contribution < -0.4 is 21.7 Å². The van der Waals surface area contributed by atoms with Crippen molar-refractivity contribution in [2.45, 2.75) is 64.3 Å². The molecule has 0 aliphatic heterocycles. The molecule has 0 saturated heterocycles. The highest BCUT2D eigenvalue weighted by Crippen LogP contribution is 2.13. The number of aliphatic hydroxyl groups excluding tert-OH is 1. The van der Waals surface area contributed by atoms with Crippen molar-refractivity contribution in [2.75, 3.05) is 24.6 Å². The molecule has 2 amide bonds. The van der Waals surface area contributed by atoms with Crippen LogP contribution in [0.4, 0.5) is 8.78 Å². The minimum absolute atomic E-state index is 0. The van der Waals surface area contributed by atoms with Gasteiger partial charge in [-0.25, -0.2) is 17.2 Å². The molecule has 0 radical (unpaired) electrons. The van der Waals surface area contributed by atoms with Gasteiger partial charge in [0, 0.05) is 19.2 Å². The van der Waals surface area contributed by atoms with E-state index in [1.54, 1.807) is 0 Å². The number of sulfone groups is 1. The summed E-state index contributed by atoms with van der Waals surface area (Å²) in [5.41, 5.74) is 7.67. The van der Waals surface area contributed by atoms with Gasteiger partial charge >= 0.3 is 0 Å². The van der Waals surface area contributed by atoms with Crippen LogP contribution in [0.2, 0.25) is 0 Å². The predicted octanol–water partition coefficient (Wildman–Crippen LogP) is 2.21. The van der Waals surface area contributed by atoms with Crippen molar-refractivity contribution in [3.05, 3.63) is 70.8 Å². The third-order valence-corrected chi connectivity index (χ3v) is 8.07. The molecule has 3 atom stereocenters. The van der Waals surface area contributed by atoms with Gasteiger partial charge in [0.05, 0.1) is 30.2 Å². The van der Waals surface area contributed by atoms with Crippen molar-refractivity contribution in [1.82, 2.24) is 16.0 Å². The largest absolute Gasteiger partial charge is 0.390 e. The number of benzene rings is 2. The van der Waals surface area contributed by atoms with Crippen LogP contribution in [0.25, 0.3) is 0 Å². The molecule has 0 saturated carbocycles. The normalized spacial score (nSPS) is 13.2. The monoisotopic (exact) mass is 654 g/mol. The molecule has 0 bridgehead atoms. The van der Waals surface area contributed by atoms with E-state index in [4.69, 9.17) is 5.73 Å². The second kappa shape index (κ2) is 19.8. The zero-order chi connectivity index (χ0) is 29.7. The lowest BCUT2D eigenvalue weighted by Crippen LogP contribution is -2.57. The zero-order valence-electron chi connectivity index (χ0n) is 23.8. The Balaban J connectivity index is 0.00000840. The van der Waals surface area contributed by atoms with Crippen LogP contribution in [0.3, 0.4) is 0 Å². The Kier molecular flexibility index (Phi) is 18.7. The molecule has 0 fully saturated rings. The van der Waals surface area contributed by atoms with Crippen molar-refractivity contribution >= 4 is 46.5 Å². The first-order valence-corrected chi connectivity index (χ1v) is 15.2. The molecular weight excluding hydrogens is 613 g/mol. The number of unbranched alkanes of at least 4 members (excludes halogenated alkanes) is 1. The smallest absolute Gasteiger partial charge is 0.243 e. The molecule has 2 rings (SSSR count). The van der Waals surface area contributed by atoms with Crippen LogP contribution in [-0.2, 0) is 38.8 Å². The lowest BCUT2D eigenvalue weighted by molar-refractivity contribution is -0.128. The van der Waals surface area contributed by atoms with Gasteiger partial charge in [-0.2, -0.15) is 0 Å². The van der Waals surface area contributed by atoms with Crippen LogP contribution in [0.5, 0.6) is 0 Å². The average molecular weight is 656 g/mol. The Morgan fingerprint density at radius 1 is 0.976 bits per heavy atom. The van der Waals surface area contributed by atoms with Crippen LogP contribution >= 0.6 is 24.8 Å². The van der Waals surface area contributed by atoms with Gasteiger partial charge in [0.15, 0.2) is 9.84 Å². The van der Waals surface area contributed by atoms with Gasteiger partial charge in [0.25, 0.3) is 0 Å². The quantitative estimate of drug-likeness (QED) is 0.175. The first-order valence-electron chi connectivity index (χ1n) is 13.4. The Labute approximate surface area is 259 Å². The number of aryl methyl sites for hydroxylation is 1. The van der Waals surface area contributed by atoms with Crippen LogP contribution in [0, 0.1) is 11.6 Å². The van der Waals surface area contributed by atoms with Gasteiger partial charge in [0.1, 0.15) is 17.7 Å². The number of aliphatic hydroxyl groups is 1. The highest BCUT2D eigenvalue weighted by atomic mass is 35.5. The summed E-state index contributed by atoms with van der Waals surface area (Å²) in [5.74, 6) is -4.06. The Morgan fingerprint density at radius 2 is 1.62 bits per heavy atom. The second-order valence-electron chi connectivity index (χ2n) is 9.76. The first-order chi connectivity index (χ1) is 19.0. The van der Waals surface area contributed by atoms with E-state index in [0.29, 0.717) is 25.5 Å². The molecule has 238 valence electrons. The van der Waals surface area contributed by atoms with Crippen molar-refractivity contribution in [3.63, 3.8) is 0 Å². The van der Waals surface area contributed by atoms with Gasteiger partial charge in [0.2, 0.25) is 11.8 Å². The highest BCUT2D eigenvalue weighted by Gasteiger charge is 2.30. The summed E-state index contributed by atoms with van der Waals surface area (Å²) in [6, 6.07) is 8.22. The van der Waals surface area contributed by atoms with Gasteiger partial charge in [-0.05, 0) is 48.1 Å². The fourth-order valence-corrected chi connectivity index (χ4v) is 5.79. The lowest BCUT2D eigenvalue weighted by atomic mass is 10.00. The molecule has 0 aliphatic rings. The van der Waals surface area contributed by atoms with Gasteiger partial charge in [-0.15, -0.1) is 24.8 Å². The van der Waals surface area contributed by atoms with Crippen molar-refractivity contribution in [1.29, 1.82) is 0 Å². The lowest BCUT2D eigenvalue weighted by Gasteiger charge is -2.27. The standard InChI is InChI=1S/C28H40F2N4O5S.2ClH/c1-3-5-9-40(38,39)18-25(33-27(36)15-31)28(37)34-24(13-21-11-22(29)14-23(30)12-21)26(35)17-32-16-20-8-6-7-19(4-2)10-20;;/h6-8,10-12,14,24-26,32,35H,3-5,9,13,15-18,31H2,1-2H3,(H,33,36)(H,34,37);2*1H/t24-,25+,26+;;/m0../s1. The van der Waals surface area contributed by atoms with E-state index in [2.05, 4.69) is 16.0 Å². The number of hydrogen-bond acceptors (Lipinski definition) is 7. The number of carbonyl (C=O) groups is 2. The van der Waals surface area contributed by atoms with Gasteiger partial charge < -0.3 is 26.8 Å². The molecule has 0 unspecified atom stereocenters. The number of rotatable bonds is 17. The molecule has 14 heteroatoms. The molecule has 6 N–H and O–H groups in total. The number of carbonyl (C=O) groups excluding carboxylic acids is 2. The average Bonchev–Trinajstić information content (AvgIpc) is 2.90. The number of nitrogens with two attached hydrogens (primary N) is 1. The minimum atomic E-state index is -3.71. The minimum Gasteiger partial charge on any atom is -0.390 e. The highest BCUT2D eigenvalue weighted by molar-refractivity contribution is 7.91. The molecule has 0 aromatic heterocycles. The van der Waals surface area contributed by atoms with E-state index in [1.807, 2.05) is 38.1 Å². The molecule has 2 aromatic rings. The van der Waals surface area contributed by atoms with Gasteiger partial charge in [-0.1, -0.05) is 44.5 Å². The van der Waals surface area contributed by atoms with Crippen LogP contribution in [0.1, 0.15) is 43.4 Å². The van der Waals surface area contributed by atoms with Crippen molar-refractivity contribution < 1.29 is 31.9 Å². The van der Waals surface area contributed by atoms with Gasteiger partial charge in [-0.3, -0.25) is 9.59 Å². The number of hydrogen-bond donors (Lipinski definition) is 5. The Bertz CT molecular complexity index is 1220. The number of halogens is 4. The third-order valence-electron chi connectivity index (χ3n) is 6.32. The van der Waals surface area contributed by atoms with E-state index >= 15 is 0 Å². The molecule has 0 heterocycles. The molecule has 2 aromatic carbocycles. The summed E-state index contributed by atoms with van der Waals surface area (Å²) in [6.07, 6.45) is 0.493. The summed E-state index contributed by atoms with van der Waals surface area (Å²) in [7, 11) is -3.71. The van der Waals surface area contributed by atoms with E-state index in [1.165, 1.54) is 0 Å². The molecule has 42 heavy (non-hydrogen) atoms. The summed E-state index contributed by atoms with van der Waals surface area (Å²) >= 11 is 0. The second-order valence-corrected chi connectivity index (χ2v) is 12.0. The summed E-state index contributed by atoms with van der Waals surface area (Å²) in [5, 5.41) is 19.0. The maximum atomic E-state index is 13.9. The maximum absolute atomic E-state index is 13.9. The van der Waals surface area contributed by atoms with E-state index in [9.17, 15) is 31.9 Å². The SMILES string of the molecule is CCCCS(=O)(=O)C[C@@H](NC(=O)CN)C(=O)N[C@@H](Cc1cc(F)cc(F)c1)[C@H](O)CNCc1cccc(CC)c1.Cl.Cl. The number of amides is 2. The van der Waals surface area contributed by atoms with E-state index < -0.39 is 63.8 Å². The van der Waals surface area contributed by atoms with Crippen LogP contribution in [0.15, 0.2) is 42.5 Å². The fraction of sp³-hybridized carbons (Fsp3) is 0.500. The summed E-state index contributed by atoms with van der Waals surface area (Å²) < 4.78 is 52.9. The predicted molar refractivity (Wildman–Crippen MR) is 165 cm³/mol. The topological polar surface area (TPSA) is 151 Å². The Morgan fingerprint density at radius 3 is 2.21 bits per heavy atom. The zero-order valence-corrected chi connectivity index (χ0v) is 26.2. The molecule has 9 nitrogen and oxygen atoms in total. The summed E-state index contributed by atoms with van der Waals surface area (Å²) in [4.78, 5) is 25.2. The van der Waals surface area contributed by atoms with Crippen LogP contribution in [-0.4, -0.2) is 68.1 Å². The van der Waals surface area contributed by atoms with Crippen molar-refractivity contribution in [2.24, 2.45) is 5.73 Å². The van der Waals surface area contributed by atoms with E-state index in [-0.39, 0.29) is 49.1 Å². The maximum Gasteiger partial charge on any atom is 0.243 e. The Hall–Kier alpha value is -2.35.